The van der Waals surface area contributed by atoms with E-state index < -0.39 is 5.97 Å². The van der Waals surface area contributed by atoms with Gasteiger partial charge in [0.1, 0.15) is 5.82 Å². The van der Waals surface area contributed by atoms with Crippen molar-refractivity contribution in [2.45, 2.75) is 13.8 Å². The molecule has 1 heterocycles. The van der Waals surface area contributed by atoms with E-state index >= 15 is 0 Å². The van der Waals surface area contributed by atoms with Gasteiger partial charge in [-0.3, -0.25) is 4.98 Å². The van der Waals surface area contributed by atoms with Crippen molar-refractivity contribution >= 4 is 32.8 Å². The molecular weight excluding hydrogens is 301 g/mol. The van der Waals surface area contributed by atoms with Gasteiger partial charge in [0.15, 0.2) is 0 Å². The highest BCUT2D eigenvalue weighted by atomic mass is 79.9. The number of aromatic nitrogens is 1. The molecule has 0 bridgehead atoms. The molecule has 0 aliphatic rings. The van der Waals surface area contributed by atoms with Crippen LogP contribution >= 0.6 is 15.9 Å². The Morgan fingerprint density at radius 3 is 2.89 bits per heavy atom. The summed E-state index contributed by atoms with van der Waals surface area (Å²) in [5, 5.41) is 0.568. The van der Waals surface area contributed by atoms with Crippen LogP contribution in [0.2, 0.25) is 0 Å². The topological polar surface area (TPSA) is 39.2 Å². The minimum atomic E-state index is -0.472. The molecule has 3 nitrogen and oxygen atoms in total. The second-order valence-electron chi connectivity index (χ2n) is 3.83. The fourth-order valence-corrected chi connectivity index (χ4v) is 2.32. The average Bonchev–Trinajstić information content (AvgIpc) is 2.30. The van der Waals surface area contributed by atoms with E-state index in [1.54, 1.807) is 13.8 Å². The van der Waals surface area contributed by atoms with Crippen molar-refractivity contribution in [3.8, 4) is 0 Å². The third-order valence-corrected chi connectivity index (χ3v) is 3.41. The Morgan fingerprint density at radius 1 is 1.50 bits per heavy atom. The normalized spacial score (nSPS) is 10.7. The van der Waals surface area contributed by atoms with E-state index in [0.717, 1.165) is 5.56 Å². The third-order valence-electron chi connectivity index (χ3n) is 2.56. The molecule has 5 heteroatoms. The second-order valence-corrected chi connectivity index (χ2v) is 4.62. The van der Waals surface area contributed by atoms with E-state index in [1.165, 1.54) is 18.3 Å². The number of hydrogen-bond acceptors (Lipinski definition) is 3. The van der Waals surface area contributed by atoms with Gasteiger partial charge in [0, 0.05) is 16.1 Å². The highest BCUT2D eigenvalue weighted by molar-refractivity contribution is 9.10. The van der Waals surface area contributed by atoms with E-state index in [-0.39, 0.29) is 12.4 Å². The van der Waals surface area contributed by atoms with Crippen molar-refractivity contribution in [2.75, 3.05) is 6.61 Å². The summed E-state index contributed by atoms with van der Waals surface area (Å²) in [6.45, 7) is 3.78. The van der Waals surface area contributed by atoms with Crippen molar-refractivity contribution in [3.05, 3.63) is 39.7 Å². The Kier molecular flexibility index (Phi) is 3.61. The van der Waals surface area contributed by atoms with Crippen molar-refractivity contribution in [1.29, 1.82) is 0 Å². The largest absolute Gasteiger partial charge is 0.462 e. The monoisotopic (exact) mass is 311 g/mol. The molecule has 94 valence electrons. The number of rotatable bonds is 2. The van der Waals surface area contributed by atoms with Crippen molar-refractivity contribution in [1.82, 2.24) is 4.98 Å². The fourth-order valence-electron chi connectivity index (χ4n) is 1.76. The van der Waals surface area contributed by atoms with Gasteiger partial charge in [0.2, 0.25) is 0 Å². The molecule has 0 spiro atoms. The number of benzene rings is 1. The number of pyridine rings is 1. The van der Waals surface area contributed by atoms with Gasteiger partial charge in [0.25, 0.3) is 0 Å². The lowest BCUT2D eigenvalue weighted by Crippen LogP contribution is -2.06. The van der Waals surface area contributed by atoms with Crippen LogP contribution in [-0.2, 0) is 4.74 Å². The van der Waals surface area contributed by atoms with Gasteiger partial charge in [-0.15, -0.1) is 0 Å². The summed E-state index contributed by atoms with van der Waals surface area (Å²) in [5.41, 5.74) is 1.69. The first-order valence-corrected chi connectivity index (χ1v) is 6.25. The van der Waals surface area contributed by atoms with Crippen LogP contribution in [0.3, 0.4) is 0 Å². The van der Waals surface area contributed by atoms with E-state index in [2.05, 4.69) is 20.9 Å². The maximum atomic E-state index is 13.4. The van der Waals surface area contributed by atoms with E-state index in [0.29, 0.717) is 20.9 Å². The fraction of sp³-hybridized carbons (Fsp3) is 0.231. The van der Waals surface area contributed by atoms with Gasteiger partial charge in [-0.05, 0) is 47.5 Å². The molecule has 1 aromatic heterocycles. The van der Waals surface area contributed by atoms with Crippen molar-refractivity contribution in [2.24, 2.45) is 0 Å². The van der Waals surface area contributed by atoms with Crippen LogP contribution in [0, 0.1) is 12.7 Å². The van der Waals surface area contributed by atoms with Crippen LogP contribution < -0.4 is 0 Å². The first kappa shape index (κ1) is 13.0. The SMILES string of the molecule is CCOC(=O)c1cnc2c(C)cc(F)cc2c1Br. The molecule has 0 atom stereocenters. The Labute approximate surface area is 112 Å². The second kappa shape index (κ2) is 5.02. The predicted octanol–water partition coefficient (Wildman–Crippen LogP) is 3.62. The first-order chi connectivity index (χ1) is 8.54. The van der Waals surface area contributed by atoms with Crippen molar-refractivity contribution in [3.63, 3.8) is 0 Å². The maximum absolute atomic E-state index is 13.4. The number of carbonyl (C=O) groups excluding carboxylic acids is 1. The number of aryl methyl sites for hydroxylation is 1. The van der Waals surface area contributed by atoms with Crippen LogP contribution in [0.4, 0.5) is 4.39 Å². The molecule has 0 aliphatic carbocycles. The zero-order valence-corrected chi connectivity index (χ0v) is 11.5. The van der Waals surface area contributed by atoms with Crippen molar-refractivity contribution < 1.29 is 13.9 Å². The molecule has 0 radical (unpaired) electrons. The first-order valence-electron chi connectivity index (χ1n) is 5.46. The third kappa shape index (κ3) is 2.22. The lowest BCUT2D eigenvalue weighted by molar-refractivity contribution is 0.0525. The Hall–Kier alpha value is -1.49. The van der Waals surface area contributed by atoms with Gasteiger partial charge in [-0.25, -0.2) is 9.18 Å². The molecule has 0 aliphatic heterocycles. The molecule has 2 aromatic rings. The number of hydrogen-bond donors (Lipinski definition) is 0. The minimum absolute atomic E-state index is 0.283. The van der Waals surface area contributed by atoms with E-state index in [4.69, 9.17) is 4.74 Å². The van der Waals surface area contributed by atoms with E-state index in [9.17, 15) is 9.18 Å². The quantitative estimate of drug-likeness (QED) is 0.795. The number of fused-ring (bicyclic) bond motifs is 1. The van der Waals surface area contributed by atoms with Crippen LogP contribution in [0.5, 0.6) is 0 Å². The molecule has 1 aromatic carbocycles. The molecule has 0 saturated heterocycles. The predicted molar refractivity (Wildman–Crippen MR) is 70.1 cm³/mol. The van der Waals surface area contributed by atoms with Crippen LogP contribution in [0.25, 0.3) is 10.9 Å². The molecule has 18 heavy (non-hydrogen) atoms. The highest BCUT2D eigenvalue weighted by Gasteiger charge is 2.16. The van der Waals surface area contributed by atoms with Gasteiger partial charge < -0.3 is 4.74 Å². The number of halogens is 2. The Bertz CT molecular complexity index is 628. The summed E-state index contributed by atoms with van der Waals surface area (Å²) >= 11 is 3.31. The molecule has 0 unspecified atom stereocenters. The summed E-state index contributed by atoms with van der Waals surface area (Å²) in [6, 6.07) is 2.76. The lowest BCUT2D eigenvalue weighted by Gasteiger charge is -2.08. The summed E-state index contributed by atoms with van der Waals surface area (Å²) in [4.78, 5) is 15.9. The molecule has 2 rings (SSSR count). The maximum Gasteiger partial charge on any atom is 0.340 e. The zero-order chi connectivity index (χ0) is 13.3. The standard InChI is InChI=1S/C13H11BrFNO2/c1-3-18-13(17)10-6-16-12-7(2)4-8(15)5-9(12)11(10)14/h4-6H,3H2,1-2H3. The molecule has 0 amide bonds. The molecule has 0 fully saturated rings. The zero-order valence-electron chi connectivity index (χ0n) is 9.96. The number of nitrogens with zero attached hydrogens (tertiary/aromatic N) is 1. The van der Waals surface area contributed by atoms with Crippen LogP contribution in [-0.4, -0.2) is 17.6 Å². The summed E-state index contributed by atoms with van der Waals surface area (Å²) < 4.78 is 18.8. The average molecular weight is 312 g/mol. The van der Waals surface area contributed by atoms with Gasteiger partial charge in [-0.2, -0.15) is 0 Å². The number of carbonyl (C=O) groups is 1. The molecular formula is C13H11BrFNO2. The smallest absolute Gasteiger partial charge is 0.340 e. The Balaban J connectivity index is 2.67. The number of ether oxygens (including phenoxy) is 1. The van der Waals surface area contributed by atoms with E-state index in [1.807, 2.05) is 0 Å². The molecule has 0 N–H and O–H groups in total. The summed E-state index contributed by atoms with van der Waals surface area (Å²) in [5.74, 6) is -0.829. The van der Waals surface area contributed by atoms with Crippen LogP contribution in [0.15, 0.2) is 22.8 Å². The van der Waals surface area contributed by atoms with Gasteiger partial charge in [0.05, 0.1) is 17.7 Å². The Morgan fingerprint density at radius 2 is 2.22 bits per heavy atom. The lowest BCUT2D eigenvalue weighted by atomic mass is 10.1. The molecule has 0 saturated carbocycles. The van der Waals surface area contributed by atoms with Gasteiger partial charge in [-0.1, -0.05) is 0 Å². The summed E-state index contributed by atoms with van der Waals surface area (Å²) in [6.07, 6.45) is 1.44. The highest BCUT2D eigenvalue weighted by Crippen LogP contribution is 2.29. The minimum Gasteiger partial charge on any atom is -0.462 e. The summed E-state index contributed by atoms with van der Waals surface area (Å²) in [7, 11) is 0. The number of esters is 1. The van der Waals surface area contributed by atoms with Gasteiger partial charge >= 0.3 is 5.97 Å². The van der Waals surface area contributed by atoms with Crippen LogP contribution in [0.1, 0.15) is 22.8 Å².